The quantitative estimate of drug-likeness (QED) is 0.888. The van der Waals surface area contributed by atoms with E-state index in [9.17, 15) is 4.79 Å². The maximum absolute atomic E-state index is 12.2. The summed E-state index contributed by atoms with van der Waals surface area (Å²) in [5.41, 5.74) is 1.25. The van der Waals surface area contributed by atoms with Crippen LogP contribution >= 0.6 is 0 Å². The molecule has 1 aromatic heterocycles. The van der Waals surface area contributed by atoms with Gasteiger partial charge in [-0.2, -0.15) is 0 Å². The van der Waals surface area contributed by atoms with Crippen molar-refractivity contribution in [3.05, 3.63) is 18.3 Å². The van der Waals surface area contributed by atoms with E-state index in [4.69, 9.17) is 14.2 Å². The largest absolute Gasteiger partial charge is 0.496 e. The molecule has 2 heterocycles. The zero-order valence-electron chi connectivity index (χ0n) is 14.6. The van der Waals surface area contributed by atoms with Gasteiger partial charge in [-0.05, 0) is 19.3 Å². The Morgan fingerprint density at radius 3 is 2.48 bits per heavy atom. The minimum Gasteiger partial charge on any atom is -0.496 e. The normalized spacial score (nSPS) is 17.6. The third-order valence-electron chi connectivity index (χ3n) is 4.31. The van der Waals surface area contributed by atoms with Gasteiger partial charge in [0.05, 0.1) is 33.1 Å². The number of amides is 1. The van der Waals surface area contributed by atoms with Crippen LogP contribution in [0.4, 0.5) is 0 Å². The van der Waals surface area contributed by atoms with Crippen molar-refractivity contribution in [2.45, 2.75) is 25.3 Å². The van der Waals surface area contributed by atoms with Crippen LogP contribution in [-0.4, -0.2) is 48.8 Å². The van der Waals surface area contributed by atoms with Crippen molar-refractivity contribution in [1.82, 2.24) is 20.3 Å². The van der Waals surface area contributed by atoms with Crippen molar-refractivity contribution in [2.75, 3.05) is 27.9 Å². The molecule has 1 aliphatic rings. The highest BCUT2D eigenvalue weighted by atomic mass is 16.5. The van der Waals surface area contributed by atoms with Crippen LogP contribution in [0.2, 0.25) is 0 Å². The second-order valence-corrected chi connectivity index (χ2v) is 5.79. The van der Waals surface area contributed by atoms with Crippen molar-refractivity contribution in [3.8, 4) is 28.5 Å². The van der Waals surface area contributed by atoms with E-state index in [0.717, 1.165) is 19.3 Å². The Balaban J connectivity index is 2.00. The summed E-state index contributed by atoms with van der Waals surface area (Å²) in [7, 11) is 4.72. The number of aromatic nitrogens is 3. The lowest BCUT2D eigenvalue weighted by molar-refractivity contribution is -0.124. The highest BCUT2D eigenvalue weighted by Gasteiger charge is 2.25. The smallest absolute Gasteiger partial charge is 0.244 e. The van der Waals surface area contributed by atoms with Gasteiger partial charge in [0.1, 0.15) is 29.0 Å². The third-order valence-corrected chi connectivity index (χ3v) is 4.31. The Labute approximate surface area is 146 Å². The van der Waals surface area contributed by atoms with Crippen molar-refractivity contribution in [3.63, 3.8) is 0 Å². The Morgan fingerprint density at radius 1 is 1.12 bits per heavy atom. The highest BCUT2D eigenvalue weighted by Crippen LogP contribution is 2.41. The molecule has 0 bridgehead atoms. The number of benzene rings is 1. The van der Waals surface area contributed by atoms with Crippen LogP contribution in [0.1, 0.15) is 25.3 Å². The summed E-state index contributed by atoms with van der Waals surface area (Å²) in [6.07, 6.45) is 4.44. The number of hydrogen-bond acceptors (Lipinski definition) is 6. The van der Waals surface area contributed by atoms with E-state index in [0.29, 0.717) is 35.1 Å². The molecule has 25 heavy (non-hydrogen) atoms. The van der Waals surface area contributed by atoms with Crippen molar-refractivity contribution >= 4 is 5.91 Å². The van der Waals surface area contributed by atoms with E-state index >= 15 is 0 Å². The zero-order chi connectivity index (χ0) is 17.8. The van der Waals surface area contributed by atoms with Gasteiger partial charge in [0.25, 0.3) is 0 Å². The van der Waals surface area contributed by atoms with E-state index in [1.807, 2.05) is 0 Å². The molecule has 1 N–H and O–H groups in total. The summed E-state index contributed by atoms with van der Waals surface area (Å²) in [4.78, 5) is 12.2. The zero-order valence-corrected chi connectivity index (χ0v) is 14.6. The summed E-state index contributed by atoms with van der Waals surface area (Å²) in [6, 6.07) is 3.17. The van der Waals surface area contributed by atoms with Gasteiger partial charge in [-0.1, -0.05) is 5.21 Å². The van der Waals surface area contributed by atoms with Gasteiger partial charge in [-0.25, -0.2) is 4.68 Å². The SMILES string of the molecule is COc1cc(OC)c(-c2cn([C@H]3CCCCNC3=O)nn2)c(OC)c1. The fraction of sp³-hybridized carbons (Fsp3) is 0.471. The van der Waals surface area contributed by atoms with Crippen molar-refractivity contribution in [1.29, 1.82) is 0 Å². The molecule has 0 saturated carbocycles. The van der Waals surface area contributed by atoms with Gasteiger partial charge < -0.3 is 19.5 Å². The number of nitrogens with one attached hydrogen (secondary N) is 1. The number of ether oxygens (including phenoxy) is 3. The average Bonchev–Trinajstić information content (AvgIpc) is 3.02. The summed E-state index contributed by atoms with van der Waals surface area (Å²) >= 11 is 0. The summed E-state index contributed by atoms with van der Waals surface area (Å²) in [5.74, 6) is 1.72. The maximum atomic E-state index is 12.2. The molecule has 0 unspecified atom stereocenters. The second-order valence-electron chi connectivity index (χ2n) is 5.79. The number of rotatable bonds is 5. The van der Waals surface area contributed by atoms with Crippen LogP contribution in [0, 0.1) is 0 Å². The van der Waals surface area contributed by atoms with Gasteiger partial charge in [-0.15, -0.1) is 5.10 Å². The van der Waals surface area contributed by atoms with Crippen LogP contribution < -0.4 is 19.5 Å². The summed E-state index contributed by atoms with van der Waals surface area (Å²) in [5, 5.41) is 11.3. The van der Waals surface area contributed by atoms with E-state index < -0.39 is 0 Å². The number of hydrogen-bond donors (Lipinski definition) is 1. The summed E-state index contributed by atoms with van der Waals surface area (Å²) < 4.78 is 17.8. The van der Waals surface area contributed by atoms with Gasteiger partial charge in [0.15, 0.2) is 0 Å². The maximum Gasteiger partial charge on any atom is 0.244 e. The van der Waals surface area contributed by atoms with E-state index in [2.05, 4.69) is 15.6 Å². The van der Waals surface area contributed by atoms with E-state index in [1.54, 1.807) is 44.3 Å². The monoisotopic (exact) mass is 346 g/mol. The molecule has 1 aromatic carbocycles. The fourth-order valence-corrected chi connectivity index (χ4v) is 2.98. The first kappa shape index (κ1) is 17.1. The molecule has 3 rings (SSSR count). The highest BCUT2D eigenvalue weighted by molar-refractivity contribution is 5.81. The van der Waals surface area contributed by atoms with Crippen LogP contribution in [-0.2, 0) is 4.79 Å². The van der Waals surface area contributed by atoms with Gasteiger partial charge >= 0.3 is 0 Å². The molecule has 8 heteroatoms. The molecule has 0 aliphatic carbocycles. The molecular weight excluding hydrogens is 324 g/mol. The average molecular weight is 346 g/mol. The first-order valence-corrected chi connectivity index (χ1v) is 8.18. The predicted octanol–water partition coefficient (Wildman–Crippen LogP) is 1.81. The van der Waals surface area contributed by atoms with E-state index in [1.165, 1.54) is 0 Å². The minimum atomic E-state index is -0.348. The predicted molar refractivity (Wildman–Crippen MR) is 91.0 cm³/mol. The molecule has 0 spiro atoms. The van der Waals surface area contributed by atoms with Crippen molar-refractivity contribution in [2.24, 2.45) is 0 Å². The van der Waals surface area contributed by atoms with Crippen LogP contribution in [0.3, 0.4) is 0 Å². The lowest BCUT2D eigenvalue weighted by Crippen LogP contribution is -2.31. The molecular formula is C17H22N4O4. The van der Waals surface area contributed by atoms with Crippen LogP contribution in [0.15, 0.2) is 18.3 Å². The lowest BCUT2D eigenvalue weighted by atomic mass is 10.1. The van der Waals surface area contributed by atoms with Crippen LogP contribution in [0.25, 0.3) is 11.3 Å². The number of nitrogens with zero attached hydrogens (tertiary/aromatic N) is 3. The molecule has 1 fully saturated rings. The first-order valence-electron chi connectivity index (χ1n) is 8.18. The molecule has 1 aliphatic heterocycles. The number of carbonyl (C=O) groups excluding carboxylic acids is 1. The molecule has 1 atom stereocenters. The Morgan fingerprint density at radius 2 is 1.84 bits per heavy atom. The topological polar surface area (TPSA) is 87.5 Å². The Hall–Kier alpha value is -2.77. The molecule has 1 saturated heterocycles. The van der Waals surface area contributed by atoms with Crippen molar-refractivity contribution < 1.29 is 19.0 Å². The molecule has 0 radical (unpaired) electrons. The number of methoxy groups -OCH3 is 3. The standard InChI is InChI=1S/C17H22N4O4/c1-23-11-8-14(24-2)16(15(9-11)25-3)12-10-21(20-19-12)13-6-4-5-7-18-17(13)22/h8-10,13H,4-7H2,1-3H3,(H,18,22)/t13-/m0/s1. The number of carbonyl (C=O) groups is 1. The second kappa shape index (κ2) is 7.42. The van der Waals surface area contributed by atoms with E-state index in [-0.39, 0.29) is 11.9 Å². The molecule has 8 nitrogen and oxygen atoms in total. The Kier molecular flexibility index (Phi) is 5.06. The molecule has 134 valence electrons. The summed E-state index contributed by atoms with van der Waals surface area (Å²) in [6.45, 7) is 0.705. The molecule has 2 aromatic rings. The first-order chi connectivity index (χ1) is 12.2. The van der Waals surface area contributed by atoms with Gasteiger partial charge in [0, 0.05) is 18.7 Å². The van der Waals surface area contributed by atoms with Gasteiger partial charge in [-0.3, -0.25) is 4.79 Å². The minimum absolute atomic E-state index is 0.0254. The fourth-order valence-electron chi connectivity index (χ4n) is 2.98. The van der Waals surface area contributed by atoms with Gasteiger partial charge in [0.2, 0.25) is 5.91 Å². The third kappa shape index (κ3) is 3.38. The van der Waals surface area contributed by atoms with Crippen LogP contribution in [0.5, 0.6) is 17.2 Å². The Bertz CT molecular complexity index is 734. The lowest BCUT2D eigenvalue weighted by Gasteiger charge is -2.14. The molecule has 1 amide bonds.